The van der Waals surface area contributed by atoms with E-state index in [1.165, 1.54) is 24.3 Å². The van der Waals surface area contributed by atoms with Crippen LogP contribution in [0.1, 0.15) is 15.9 Å². The van der Waals surface area contributed by atoms with E-state index in [0.717, 1.165) is 12.1 Å². The van der Waals surface area contributed by atoms with Crippen LogP contribution in [0.5, 0.6) is 0 Å². The Morgan fingerprint density at radius 1 is 0.805 bits per heavy atom. The Morgan fingerprint density at radius 3 is 2.00 bits per heavy atom. The smallest absolute Gasteiger partial charge is 0.744 e. The van der Waals surface area contributed by atoms with Gasteiger partial charge in [-0.2, -0.15) is 10.2 Å². The van der Waals surface area contributed by atoms with Gasteiger partial charge in [0.05, 0.1) is 37.3 Å². The number of ketones is 1. The molecule has 0 saturated heterocycles. The van der Waals surface area contributed by atoms with Crippen molar-refractivity contribution in [3.05, 3.63) is 92.5 Å². The van der Waals surface area contributed by atoms with E-state index in [0.29, 0.717) is 6.07 Å². The van der Waals surface area contributed by atoms with Crippen molar-refractivity contribution >= 4 is 54.5 Å². The van der Waals surface area contributed by atoms with E-state index in [2.05, 4.69) is 20.5 Å². The summed E-state index contributed by atoms with van der Waals surface area (Å²) in [5.41, 5.74) is 2.69. The van der Waals surface area contributed by atoms with Gasteiger partial charge in [0.2, 0.25) is 5.78 Å². The summed E-state index contributed by atoms with van der Waals surface area (Å²) in [6, 6.07) is 13.2. The van der Waals surface area contributed by atoms with Gasteiger partial charge in [-0.1, -0.05) is 24.3 Å². The second-order valence-electron chi connectivity index (χ2n) is 7.87. The predicted molar refractivity (Wildman–Crippen MR) is 132 cm³/mol. The second-order valence-corrected chi connectivity index (χ2v) is 10.6. The number of hydrogen-bond donors (Lipinski definition) is 1. The summed E-state index contributed by atoms with van der Waals surface area (Å²) in [5, 5.41) is 25.8. The molecule has 0 bridgehead atoms. The van der Waals surface area contributed by atoms with Gasteiger partial charge in [-0.3, -0.25) is 14.9 Å². The van der Waals surface area contributed by atoms with Crippen LogP contribution in [0.2, 0.25) is 0 Å². The molecule has 2 N–H and O–H groups in total. The molecule has 0 radical (unpaired) electrons. The molecule has 4 rings (SSSR count). The summed E-state index contributed by atoms with van der Waals surface area (Å²) in [7, 11) is -10.6. The van der Waals surface area contributed by atoms with Crippen LogP contribution in [-0.4, -0.2) is 36.6 Å². The van der Waals surface area contributed by atoms with E-state index < -0.39 is 69.8 Å². The molecule has 3 aromatic carbocycles. The fourth-order valence-corrected chi connectivity index (χ4v) is 4.99. The average Bonchev–Trinajstić information content (AvgIpc) is 2.86. The van der Waals surface area contributed by atoms with Gasteiger partial charge in [0.25, 0.3) is 5.69 Å². The molecule has 3 aromatic rings. The number of fused-ring (bicyclic) bond motifs is 1. The van der Waals surface area contributed by atoms with Gasteiger partial charge < -0.3 is 14.8 Å². The Bertz CT molecular complexity index is 1850. The number of allylic oxidation sites excluding steroid dienone is 2. The van der Waals surface area contributed by atoms with Crippen LogP contribution in [0.3, 0.4) is 0 Å². The van der Waals surface area contributed by atoms with Crippen LogP contribution in [-0.2, 0) is 26.7 Å². The maximum Gasteiger partial charge on any atom is 1.00 e. The fraction of sp³-hybridized carbons (Fsp3) is 0.0455. The van der Waals surface area contributed by atoms with Gasteiger partial charge in [-0.15, -0.1) is 10.2 Å². The van der Waals surface area contributed by atoms with Gasteiger partial charge in [0.15, 0.2) is 0 Å². The first-order chi connectivity index (χ1) is 18.3. The van der Waals surface area contributed by atoms with Crippen LogP contribution in [0.25, 0.3) is 0 Å². The van der Waals surface area contributed by atoms with Crippen LogP contribution in [0.15, 0.2) is 96.6 Å². The second kappa shape index (κ2) is 13.5. The molecule has 15 nitrogen and oxygen atoms in total. The Hall–Kier alpha value is -2.71. The molecular formula is C22H14N6Na2O9S2. The zero-order valence-electron chi connectivity index (χ0n) is 21.3. The molecule has 0 aromatic heterocycles. The molecule has 1 aliphatic carbocycles. The summed E-state index contributed by atoms with van der Waals surface area (Å²) in [4.78, 5) is 21.6. The molecule has 0 aliphatic heterocycles. The number of hydrogen-bond acceptors (Lipinski definition) is 14. The number of nitrogens with two attached hydrogens (primary N) is 1. The van der Waals surface area contributed by atoms with E-state index in [4.69, 9.17) is 5.73 Å². The monoisotopic (exact) mass is 616 g/mol. The van der Waals surface area contributed by atoms with Gasteiger partial charge in [0, 0.05) is 18.6 Å². The quantitative estimate of drug-likeness (QED) is 0.0747. The van der Waals surface area contributed by atoms with E-state index >= 15 is 0 Å². The SMILES string of the molecule is Nc1c(N=Nc2cccc([N+](=O)[O-])c2)c(S(=O)(=O)[O-])cc2c1C(=O)C(N=Nc1ccccc1)=C(S(=O)(=O)[O-])C2.[Na+].[Na+]. The summed E-state index contributed by atoms with van der Waals surface area (Å²) < 4.78 is 72.0. The van der Waals surface area contributed by atoms with E-state index in [-0.39, 0.29) is 81.7 Å². The maximum absolute atomic E-state index is 13.4. The third-order valence-corrected chi connectivity index (χ3v) is 7.13. The van der Waals surface area contributed by atoms with Gasteiger partial charge >= 0.3 is 59.1 Å². The molecule has 41 heavy (non-hydrogen) atoms. The third-order valence-electron chi connectivity index (χ3n) is 5.34. The zero-order valence-corrected chi connectivity index (χ0v) is 26.9. The number of non-ortho nitro benzene ring substituents is 1. The van der Waals surface area contributed by atoms with Crippen LogP contribution < -0.4 is 64.8 Å². The van der Waals surface area contributed by atoms with Crippen LogP contribution in [0.4, 0.5) is 28.4 Å². The molecule has 0 atom stereocenters. The molecule has 0 heterocycles. The molecule has 0 unspecified atom stereocenters. The minimum Gasteiger partial charge on any atom is -0.744 e. The summed E-state index contributed by atoms with van der Waals surface area (Å²) >= 11 is 0. The number of Topliss-reactive ketones (excluding diaryl/α,β-unsaturated/α-hetero) is 1. The molecule has 0 amide bonds. The molecule has 200 valence electrons. The molecule has 19 heteroatoms. The Labute approximate surface area is 276 Å². The van der Waals surface area contributed by atoms with E-state index in [1.807, 2.05) is 0 Å². The minimum absolute atomic E-state index is 0. The van der Waals surface area contributed by atoms with Crippen molar-refractivity contribution in [3.8, 4) is 0 Å². The number of rotatable bonds is 7. The number of carbonyl (C=O) groups excluding carboxylic acids is 1. The molecule has 0 spiro atoms. The molecular weight excluding hydrogens is 602 g/mol. The van der Waals surface area contributed by atoms with Crippen molar-refractivity contribution in [2.45, 2.75) is 11.3 Å². The Kier molecular flexibility index (Phi) is 11.4. The van der Waals surface area contributed by atoms with Crippen molar-refractivity contribution in [1.82, 2.24) is 0 Å². The number of nitro benzene ring substituents is 1. The zero-order chi connectivity index (χ0) is 28.5. The van der Waals surface area contributed by atoms with Crippen molar-refractivity contribution in [2.75, 3.05) is 5.73 Å². The summed E-state index contributed by atoms with van der Waals surface area (Å²) in [6.45, 7) is 0. The number of carbonyl (C=O) groups is 1. The van der Waals surface area contributed by atoms with Gasteiger partial charge in [0.1, 0.15) is 31.6 Å². The number of nitrogens with zero attached hydrogens (tertiary/aromatic N) is 5. The van der Waals surface area contributed by atoms with Crippen molar-refractivity contribution in [3.63, 3.8) is 0 Å². The van der Waals surface area contributed by atoms with Gasteiger partial charge in [-0.25, -0.2) is 16.8 Å². The summed E-state index contributed by atoms with van der Waals surface area (Å²) in [6.07, 6.45) is -0.814. The first-order valence-corrected chi connectivity index (χ1v) is 13.4. The standard InChI is InChI=1S/C22H16N6O9S2.2Na/c23-19-18-12(10-17(39(35,36)37)21(22(18)29)27-24-13-5-2-1-3-6-13)9-16(38(32,33)34)20(19)26-25-14-7-4-8-15(11-14)28(30)31;;/h1-9,11H,10,23H2,(H,32,33,34)(H,35,36,37);;/q;2*+1/p-2. The maximum atomic E-state index is 13.4. The van der Waals surface area contributed by atoms with Crippen LogP contribution in [0, 0.1) is 10.1 Å². The van der Waals surface area contributed by atoms with Crippen molar-refractivity contribution in [2.24, 2.45) is 20.5 Å². The van der Waals surface area contributed by atoms with E-state index in [1.54, 1.807) is 18.2 Å². The van der Waals surface area contributed by atoms with Gasteiger partial charge in [-0.05, 0) is 29.8 Å². The molecule has 0 fully saturated rings. The van der Waals surface area contributed by atoms with E-state index in [9.17, 15) is 40.8 Å². The number of nitro groups is 1. The minimum atomic E-state index is -5.33. The number of benzene rings is 3. The largest absolute Gasteiger partial charge is 1.00 e. The normalized spacial score (nSPS) is 13.6. The average molecular weight is 617 g/mol. The Balaban J connectivity index is 0.00000294. The topological polar surface area (TPSA) is 250 Å². The fourth-order valence-electron chi connectivity index (χ4n) is 3.61. The Morgan fingerprint density at radius 2 is 1.41 bits per heavy atom. The van der Waals surface area contributed by atoms with Crippen molar-refractivity contribution < 1.29 is 94.8 Å². The number of nitrogen functional groups attached to an aromatic ring is 1. The third kappa shape index (κ3) is 7.77. The number of azo groups is 2. The number of anilines is 1. The first-order valence-electron chi connectivity index (χ1n) is 10.6. The predicted octanol–water partition coefficient (Wildman–Crippen LogP) is -2.22. The first kappa shape index (κ1) is 34.5. The molecule has 1 aliphatic rings. The summed E-state index contributed by atoms with van der Waals surface area (Å²) in [5.74, 6) is -1.19. The van der Waals surface area contributed by atoms with Crippen molar-refractivity contribution in [1.29, 1.82) is 0 Å². The molecule has 0 saturated carbocycles. The van der Waals surface area contributed by atoms with Crippen LogP contribution >= 0.6 is 0 Å².